The molecule has 0 aromatic heterocycles. The van der Waals surface area contributed by atoms with E-state index in [1.54, 1.807) is 7.11 Å². The van der Waals surface area contributed by atoms with E-state index in [4.69, 9.17) is 5.73 Å². The fraction of sp³-hybridized carbons (Fsp3) is 0.750. The summed E-state index contributed by atoms with van der Waals surface area (Å²) in [4.78, 5) is 0. The Balaban J connectivity index is 2.63. The van der Waals surface area contributed by atoms with Crippen molar-refractivity contribution in [3.05, 3.63) is 6.04 Å². The first-order valence-electron chi connectivity index (χ1n) is 1.84. The molecule has 0 aromatic carbocycles. The van der Waals surface area contributed by atoms with E-state index >= 15 is 0 Å². The fourth-order valence-electron chi connectivity index (χ4n) is 0.228. The van der Waals surface area contributed by atoms with Crippen molar-refractivity contribution in [2.24, 2.45) is 5.73 Å². The van der Waals surface area contributed by atoms with Crippen molar-refractivity contribution in [3.63, 3.8) is 0 Å². The summed E-state index contributed by atoms with van der Waals surface area (Å²) >= 11 is 0. The summed E-state index contributed by atoms with van der Waals surface area (Å²) in [6.07, 6.45) is 0. The van der Waals surface area contributed by atoms with E-state index in [1.807, 2.05) is 6.92 Å². The van der Waals surface area contributed by atoms with Crippen LogP contribution in [0.2, 0.25) is 0 Å². The van der Waals surface area contributed by atoms with Crippen LogP contribution >= 0.6 is 0 Å². The van der Waals surface area contributed by atoms with Crippen molar-refractivity contribution < 1.29 is 4.74 Å². The molecule has 0 aromatic rings. The van der Waals surface area contributed by atoms with E-state index in [-0.39, 0.29) is 0 Å². The van der Waals surface area contributed by atoms with Gasteiger partial charge in [0.1, 0.15) is 0 Å². The van der Waals surface area contributed by atoms with Crippen LogP contribution in [-0.2, 0) is 4.74 Å². The molecule has 0 aliphatic rings. The first-order chi connectivity index (χ1) is 2.77. The Morgan fingerprint density at radius 3 is 2.33 bits per heavy atom. The van der Waals surface area contributed by atoms with Crippen molar-refractivity contribution in [2.45, 2.75) is 6.92 Å². The molecule has 0 fully saturated rings. The second kappa shape index (κ2) is 3.12. The molecule has 0 spiro atoms. The van der Waals surface area contributed by atoms with E-state index < -0.39 is 0 Å². The van der Waals surface area contributed by atoms with E-state index in [0.717, 1.165) is 6.04 Å². The number of hydrogen-bond acceptors (Lipinski definition) is 2. The molecule has 37 valence electrons. The summed E-state index contributed by atoms with van der Waals surface area (Å²) in [5, 5.41) is 0. The standard InChI is InChI=1S/C4H10NO/c1-4(5)3-6-2/h3,5H2,1-2H3. The normalized spacial score (nSPS) is 10.0. The van der Waals surface area contributed by atoms with Gasteiger partial charge in [0, 0.05) is 7.11 Å². The van der Waals surface area contributed by atoms with Crippen LogP contribution in [0.15, 0.2) is 0 Å². The minimum atomic E-state index is 0.569. The van der Waals surface area contributed by atoms with Gasteiger partial charge in [-0.1, -0.05) is 0 Å². The highest BCUT2D eigenvalue weighted by Crippen LogP contribution is 1.81. The monoisotopic (exact) mass is 88.1 g/mol. The third-order valence-electron chi connectivity index (χ3n) is 0.372. The molecule has 0 aliphatic carbocycles. The lowest BCUT2D eigenvalue weighted by molar-refractivity contribution is 0.209. The number of ether oxygens (including phenoxy) is 1. The summed E-state index contributed by atoms with van der Waals surface area (Å²) < 4.78 is 4.64. The molecule has 0 heterocycles. The second-order valence-electron chi connectivity index (χ2n) is 1.28. The number of hydrogen-bond donors (Lipinski definition) is 1. The fourth-order valence-corrected chi connectivity index (χ4v) is 0.228. The van der Waals surface area contributed by atoms with Crippen LogP contribution in [0.4, 0.5) is 0 Å². The lowest BCUT2D eigenvalue weighted by atomic mass is 10.4. The van der Waals surface area contributed by atoms with Crippen LogP contribution in [0.25, 0.3) is 0 Å². The lowest BCUT2D eigenvalue weighted by Gasteiger charge is -1.97. The van der Waals surface area contributed by atoms with Crippen LogP contribution in [0.3, 0.4) is 0 Å². The molecule has 0 rings (SSSR count). The molecular weight excluding hydrogens is 78.0 g/mol. The summed E-state index contributed by atoms with van der Waals surface area (Å²) in [6.45, 7) is 2.39. The topological polar surface area (TPSA) is 35.2 Å². The smallest absolute Gasteiger partial charge is 0.0658 e. The van der Waals surface area contributed by atoms with Crippen LogP contribution in [-0.4, -0.2) is 13.7 Å². The van der Waals surface area contributed by atoms with Crippen LogP contribution < -0.4 is 5.73 Å². The molecule has 0 aliphatic heterocycles. The third-order valence-corrected chi connectivity index (χ3v) is 0.372. The van der Waals surface area contributed by atoms with Gasteiger partial charge in [0.25, 0.3) is 0 Å². The molecular formula is C4H10NO. The van der Waals surface area contributed by atoms with Crippen LogP contribution in [0.1, 0.15) is 6.92 Å². The predicted octanol–water partition coefficient (Wildman–Crippen LogP) is 0.143. The molecule has 2 heteroatoms. The molecule has 0 atom stereocenters. The Morgan fingerprint density at radius 1 is 1.83 bits per heavy atom. The van der Waals surface area contributed by atoms with E-state index in [1.165, 1.54) is 0 Å². The number of rotatable bonds is 2. The van der Waals surface area contributed by atoms with Crippen LogP contribution in [0, 0.1) is 6.04 Å². The van der Waals surface area contributed by atoms with Gasteiger partial charge in [0.2, 0.25) is 0 Å². The molecule has 0 bridgehead atoms. The zero-order chi connectivity index (χ0) is 4.99. The predicted molar refractivity (Wildman–Crippen MR) is 25.0 cm³/mol. The van der Waals surface area contributed by atoms with Gasteiger partial charge in [0.05, 0.1) is 12.6 Å². The van der Waals surface area contributed by atoms with Gasteiger partial charge >= 0.3 is 0 Å². The van der Waals surface area contributed by atoms with Crippen molar-refractivity contribution in [2.75, 3.05) is 13.7 Å². The summed E-state index contributed by atoms with van der Waals surface area (Å²) in [5.74, 6) is 0. The van der Waals surface area contributed by atoms with Gasteiger partial charge in [-0.05, 0) is 6.92 Å². The summed E-state index contributed by atoms with van der Waals surface area (Å²) in [5.41, 5.74) is 5.19. The average molecular weight is 88.1 g/mol. The van der Waals surface area contributed by atoms with Crippen molar-refractivity contribution in [3.8, 4) is 0 Å². The zero-order valence-corrected chi connectivity index (χ0v) is 4.19. The van der Waals surface area contributed by atoms with Gasteiger partial charge in [0.15, 0.2) is 0 Å². The Labute approximate surface area is 38.3 Å². The van der Waals surface area contributed by atoms with E-state index in [2.05, 4.69) is 4.74 Å². The molecule has 0 saturated heterocycles. The average Bonchev–Trinajstić information content (AvgIpc) is 1.35. The highest BCUT2D eigenvalue weighted by molar-refractivity contribution is 4.71. The highest BCUT2D eigenvalue weighted by atomic mass is 16.5. The minimum absolute atomic E-state index is 0.569. The number of nitrogens with two attached hydrogens (primary N) is 1. The lowest BCUT2D eigenvalue weighted by Crippen LogP contribution is -2.10. The second-order valence-corrected chi connectivity index (χ2v) is 1.28. The molecule has 1 radical (unpaired) electrons. The SMILES string of the molecule is COC[C](C)N. The van der Waals surface area contributed by atoms with Crippen molar-refractivity contribution >= 4 is 0 Å². The van der Waals surface area contributed by atoms with Crippen molar-refractivity contribution in [1.82, 2.24) is 0 Å². The summed E-state index contributed by atoms with van der Waals surface area (Å²) in [7, 11) is 1.62. The van der Waals surface area contributed by atoms with Gasteiger partial charge in [-0.25, -0.2) is 0 Å². The molecule has 6 heavy (non-hydrogen) atoms. The first kappa shape index (κ1) is 5.92. The maximum Gasteiger partial charge on any atom is 0.0658 e. The first-order valence-corrected chi connectivity index (χ1v) is 1.84. The molecule has 2 nitrogen and oxygen atoms in total. The zero-order valence-electron chi connectivity index (χ0n) is 4.19. The quantitative estimate of drug-likeness (QED) is 0.521. The Hall–Kier alpha value is -0.0800. The third kappa shape index (κ3) is 3.92. The minimum Gasteiger partial charge on any atom is -0.383 e. The van der Waals surface area contributed by atoms with E-state index in [9.17, 15) is 0 Å². The molecule has 0 saturated carbocycles. The maximum absolute atomic E-state index is 5.19. The van der Waals surface area contributed by atoms with E-state index in [0.29, 0.717) is 6.61 Å². The highest BCUT2D eigenvalue weighted by Gasteiger charge is 1.87. The molecule has 0 amide bonds. The molecule has 2 N–H and O–H groups in total. The Bertz CT molecular complexity index is 28.7. The van der Waals surface area contributed by atoms with Crippen molar-refractivity contribution in [1.29, 1.82) is 0 Å². The Morgan fingerprint density at radius 2 is 2.33 bits per heavy atom. The number of methoxy groups -OCH3 is 1. The van der Waals surface area contributed by atoms with Gasteiger partial charge in [-0.15, -0.1) is 0 Å². The summed E-state index contributed by atoms with van der Waals surface area (Å²) in [6, 6.07) is 0.817. The molecule has 0 unspecified atom stereocenters. The van der Waals surface area contributed by atoms with Gasteiger partial charge in [-0.3, -0.25) is 0 Å². The maximum atomic E-state index is 5.19. The largest absolute Gasteiger partial charge is 0.383 e. The van der Waals surface area contributed by atoms with Crippen LogP contribution in [0.5, 0.6) is 0 Å². The Kier molecular flexibility index (Phi) is 3.08. The van der Waals surface area contributed by atoms with Gasteiger partial charge in [-0.2, -0.15) is 0 Å². The van der Waals surface area contributed by atoms with Gasteiger partial charge < -0.3 is 10.5 Å².